The number of aryl methyl sites for hydroxylation is 1. The van der Waals surface area contributed by atoms with Crippen LogP contribution in [0.1, 0.15) is 30.0 Å². The molecule has 0 aliphatic carbocycles. The summed E-state index contributed by atoms with van der Waals surface area (Å²) in [7, 11) is 0. The molecule has 21 heavy (non-hydrogen) atoms. The first-order valence-electron chi connectivity index (χ1n) is 7.70. The van der Waals surface area contributed by atoms with Gasteiger partial charge in [-0.3, -0.25) is 0 Å². The zero-order chi connectivity index (χ0) is 15.1. The minimum Gasteiger partial charge on any atom is -0.313 e. The third-order valence-electron chi connectivity index (χ3n) is 3.68. The van der Waals surface area contributed by atoms with E-state index in [0.29, 0.717) is 6.04 Å². The Kier molecular flexibility index (Phi) is 6.28. The zero-order valence-electron chi connectivity index (χ0n) is 12.9. The van der Waals surface area contributed by atoms with Gasteiger partial charge >= 0.3 is 0 Å². The molecule has 2 heteroatoms. The van der Waals surface area contributed by atoms with Gasteiger partial charge in [0.05, 0.1) is 0 Å². The second-order valence-corrected chi connectivity index (χ2v) is 6.11. The first-order valence-corrected chi connectivity index (χ1v) is 8.08. The second kappa shape index (κ2) is 8.21. The van der Waals surface area contributed by atoms with Gasteiger partial charge in [0, 0.05) is 11.1 Å². The van der Waals surface area contributed by atoms with E-state index >= 15 is 0 Å². The molecule has 0 amide bonds. The highest BCUT2D eigenvalue weighted by molar-refractivity contribution is 6.30. The Labute approximate surface area is 133 Å². The first-order chi connectivity index (χ1) is 10.2. The van der Waals surface area contributed by atoms with Crippen LogP contribution in [-0.4, -0.2) is 12.6 Å². The fourth-order valence-corrected chi connectivity index (χ4v) is 2.60. The summed E-state index contributed by atoms with van der Waals surface area (Å²) < 4.78 is 0. The van der Waals surface area contributed by atoms with Gasteiger partial charge in [0.25, 0.3) is 0 Å². The number of benzene rings is 2. The maximum atomic E-state index is 5.96. The minimum atomic E-state index is 0.467. The van der Waals surface area contributed by atoms with Crippen LogP contribution in [0.25, 0.3) is 0 Å². The van der Waals surface area contributed by atoms with Gasteiger partial charge in [-0.05, 0) is 56.0 Å². The first kappa shape index (κ1) is 16.1. The fourth-order valence-electron chi connectivity index (χ4n) is 2.48. The predicted molar refractivity (Wildman–Crippen MR) is 92.1 cm³/mol. The highest BCUT2D eigenvalue weighted by atomic mass is 35.5. The Balaban J connectivity index is 2.02. The molecule has 0 heterocycles. The molecule has 0 radical (unpaired) electrons. The number of halogens is 1. The molecule has 1 atom stereocenters. The Morgan fingerprint density at radius 1 is 0.905 bits per heavy atom. The Bertz CT molecular complexity index is 483. The van der Waals surface area contributed by atoms with E-state index in [1.54, 1.807) is 0 Å². The SMILES string of the molecule is CCCNC(Cc1ccc(C)cc1)Cc1ccc(Cl)cc1. The van der Waals surface area contributed by atoms with Crippen molar-refractivity contribution in [1.29, 1.82) is 0 Å². The number of rotatable bonds is 7. The summed E-state index contributed by atoms with van der Waals surface area (Å²) >= 11 is 5.96. The summed E-state index contributed by atoms with van der Waals surface area (Å²) in [6, 6.07) is 17.5. The van der Waals surface area contributed by atoms with Crippen LogP contribution in [0.15, 0.2) is 48.5 Å². The molecule has 0 bridgehead atoms. The molecule has 0 spiro atoms. The average molecular weight is 302 g/mol. The lowest BCUT2D eigenvalue weighted by atomic mass is 9.98. The third kappa shape index (κ3) is 5.53. The van der Waals surface area contributed by atoms with E-state index in [2.05, 4.69) is 55.6 Å². The van der Waals surface area contributed by atoms with Crippen LogP contribution < -0.4 is 5.32 Å². The van der Waals surface area contributed by atoms with Crippen molar-refractivity contribution < 1.29 is 0 Å². The maximum absolute atomic E-state index is 5.96. The Hall–Kier alpha value is -1.31. The zero-order valence-corrected chi connectivity index (χ0v) is 13.7. The van der Waals surface area contributed by atoms with E-state index < -0.39 is 0 Å². The van der Waals surface area contributed by atoms with Gasteiger partial charge in [-0.2, -0.15) is 0 Å². The summed E-state index contributed by atoms with van der Waals surface area (Å²) in [5.74, 6) is 0. The molecule has 1 unspecified atom stereocenters. The molecule has 112 valence electrons. The summed E-state index contributed by atoms with van der Waals surface area (Å²) in [5.41, 5.74) is 4.04. The van der Waals surface area contributed by atoms with Crippen molar-refractivity contribution in [3.05, 3.63) is 70.2 Å². The van der Waals surface area contributed by atoms with Gasteiger partial charge in [0.2, 0.25) is 0 Å². The van der Waals surface area contributed by atoms with Crippen molar-refractivity contribution in [1.82, 2.24) is 5.32 Å². The van der Waals surface area contributed by atoms with Crippen molar-refractivity contribution in [2.24, 2.45) is 0 Å². The molecule has 0 aliphatic rings. The van der Waals surface area contributed by atoms with Crippen molar-refractivity contribution >= 4 is 11.6 Å². The van der Waals surface area contributed by atoms with Gasteiger partial charge < -0.3 is 5.32 Å². The third-order valence-corrected chi connectivity index (χ3v) is 3.93. The number of hydrogen-bond acceptors (Lipinski definition) is 1. The Morgan fingerprint density at radius 2 is 1.43 bits per heavy atom. The lowest BCUT2D eigenvalue weighted by Crippen LogP contribution is -2.33. The second-order valence-electron chi connectivity index (χ2n) is 5.67. The van der Waals surface area contributed by atoms with Gasteiger partial charge in [0.15, 0.2) is 0 Å². The van der Waals surface area contributed by atoms with Crippen LogP contribution in [0, 0.1) is 6.92 Å². The summed E-state index contributed by atoms with van der Waals surface area (Å²) in [6.45, 7) is 5.40. The molecule has 2 aromatic rings. The summed E-state index contributed by atoms with van der Waals surface area (Å²) in [4.78, 5) is 0. The lowest BCUT2D eigenvalue weighted by molar-refractivity contribution is 0.505. The van der Waals surface area contributed by atoms with Gasteiger partial charge in [-0.1, -0.05) is 60.5 Å². The van der Waals surface area contributed by atoms with Crippen LogP contribution in [0.3, 0.4) is 0 Å². The molecular weight excluding hydrogens is 278 g/mol. The smallest absolute Gasteiger partial charge is 0.0406 e. The predicted octanol–water partition coefficient (Wildman–Crippen LogP) is 4.80. The standard InChI is InChI=1S/C19H24ClN/c1-3-12-21-19(13-16-6-4-15(2)5-7-16)14-17-8-10-18(20)11-9-17/h4-11,19,21H,3,12-14H2,1-2H3. The van der Waals surface area contributed by atoms with Crippen molar-refractivity contribution in [2.45, 2.75) is 39.2 Å². The van der Waals surface area contributed by atoms with E-state index in [4.69, 9.17) is 11.6 Å². The molecule has 2 rings (SSSR count). The highest BCUT2D eigenvalue weighted by Gasteiger charge is 2.10. The van der Waals surface area contributed by atoms with Crippen LogP contribution in [0.2, 0.25) is 5.02 Å². The maximum Gasteiger partial charge on any atom is 0.0406 e. The minimum absolute atomic E-state index is 0.467. The molecule has 0 fully saturated rings. The quantitative estimate of drug-likeness (QED) is 0.774. The number of nitrogens with one attached hydrogen (secondary N) is 1. The molecule has 1 N–H and O–H groups in total. The van der Waals surface area contributed by atoms with Crippen molar-refractivity contribution in [2.75, 3.05) is 6.54 Å². The monoisotopic (exact) mass is 301 g/mol. The normalized spacial score (nSPS) is 12.3. The molecular formula is C19H24ClN. The van der Waals surface area contributed by atoms with Crippen molar-refractivity contribution in [3.63, 3.8) is 0 Å². The van der Waals surface area contributed by atoms with Gasteiger partial charge in [-0.25, -0.2) is 0 Å². The molecule has 0 saturated carbocycles. The Morgan fingerprint density at radius 3 is 1.95 bits per heavy atom. The van der Waals surface area contributed by atoms with E-state index in [-0.39, 0.29) is 0 Å². The van der Waals surface area contributed by atoms with Crippen LogP contribution >= 0.6 is 11.6 Å². The summed E-state index contributed by atoms with van der Waals surface area (Å²) in [5, 5.41) is 4.46. The molecule has 0 aromatic heterocycles. The topological polar surface area (TPSA) is 12.0 Å². The fraction of sp³-hybridized carbons (Fsp3) is 0.368. The van der Waals surface area contributed by atoms with E-state index in [1.807, 2.05) is 12.1 Å². The largest absolute Gasteiger partial charge is 0.313 e. The summed E-state index contributed by atoms with van der Waals surface area (Å²) in [6.07, 6.45) is 3.25. The van der Waals surface area contributed by atoms with Crippen LogP contribution in [-0.2, 0) is 12.8 Å². The van der Waals surface area contributed by atoms with E-state index in [9.17, 15) is 0 Å². The van der Waals surface area contributed by atoms with E-state index in [1.165, 1.54) is 16.7 Å². The number of hydrogen-bond donors (Lipinski definition) is 1. The molecule has 1 nitrogen and oxygen atoms in total. The highest BCUT2D eigenvalue weighted by Crippen LogP contribution is 2.14. The molecule has 2 aromatic carbocycles. The molecule has 0 aliphatic heterocycles. The van der Waals surface area contributed by atoms with Gasteiger partial charge in [-0.15, -0.1) is 0 Å². The van der Waals surface area contributed by atoms with Crippen LogP contribution in [0.4, 0.5) is 0 Å². The van der Waals surface area contributed by atoms with E-state index in [0.717, 1.165) is 30.8 Å². The molecule has 0 saturated heterocycles. The average Bonchev–Trinajstić information content (AvgIpc) is 2.49. The lowest BCUT2D eigenvalue weighted by Gasteiger charge is -2.19. The van der Waals surface area contributed by atoms with Gasteiger partial charge in [0.1, 0.15) is 0 Å². The van der Waals surface area contributed by atoms with Crippen LogP contribution in [0.5, 0.6) is 0 Å². The van der Waals surface area contributed by atoms with Crippen molar-refractivity contribution in [3.8, 4) is 0 Å².